The Morgan fingerprint density at radius 1 is 1.65 bits per heavy atom. The summed E-state index contributed by atoms with van der Waals surface area (Å²) in [5, 5.41) is 3.58. The lowest BCUT2D eigenvalue weighted by atomic mass is 9.94. The molecule has 0 spiro atoms. The molecule has 0 bridgehead atoms. The summed E-state index contributed by atoms with van der Waals surface area (Å²) in [6.45, 7) is 5.24. The van der Waals surface area contributed by atoms with Crippen molar-refractivity contribution in [2.75, 3.05) is 13.2 Å². The molecule has 1 unspecified atom stereocenters. The van der Waals surface area contributed by atoms with Gasteiger partial charge in [0, 0.05) is 10.9 Å². The van der Waals surface area contributed by atoms with Crippen LogP contribution in [0.5, 0.6) is 0 Å². The second-order valence-corrected chi connectivity index (χ2v) is 5.99. The van der Waals surface area contributed by atoms with Gasteiger partial charge in [0.05, 0.1) is 17.2 Å². The second-order valence-electron chi connectivity index (χ2n) is 4.22. The molecule has 0 aromatic carbocycles. The minimum Gasteiger partial charge on any atom is -0.502 e. The van der Waals surface area contributed by atoms with E-state index >= 15 is 0 Å². The molecule has 2 nitrogen and oxygen atoms in total. The molecule has 1 N–H and O–H groups in total. The van der Waals surface area contributed by atoms with Gasteiger partial charge in [0.2, 0.25) is 0 Å². The van der Waals surface area contributed by atoms with Gasteiger partial charge in [-0.25, -0.2) is 0 Å². The molecular formula is C13H18ClNOS. The van der Waals surface area contributed by atoms with Gasteiger partial charge in [-0.2, -0.15) is 0 Å². The van der Waals surface area contributed by atoms with Gasteiger partial charge in [0.15, 0.2) is 0 Å². The van der Waals surface area contributed by atoms with E-state index in [9.17, 15) is 0 Å². The Kier molecular flexibility index (Phi) is 4.89. The molecule has 1 aromatic rings. The fourth-order valence-electron chi connectivity index (χ4n) is 2.25. The van der Waals surface area contributed by atoms with Crippen molar-refractivity contribution in [3.05, 3.63) is 33.7 Å². The van der Waals surface area contributed by atoms with Crippen LogP contribution >= 0.6 is 22.9 Å². The fraction of sp³-hybridized carbons (Fsp3) is 0.538. The molecule has 0 radical (unpaired) electrons. The number of hydrogen-bond acceptors (Lipinski definition) is 3. The number of rotatable bonds is 6. The average molecular weight is 272 g/mol. The summed E-state index contributed by atoms with van der Waals surface area (Å²) >= 11 is 7.81. The molecule has 0 saturated heterocycles. The minimum absolute atomic E-state index is 0.478. The maximum absolute atomic E-state index is 6.08. The zero-order valence-corrected chi connectivity index (χ0v) is 11.4. The van der Waals surface area contributed by atoms with Gasteiger partial charge >= 0.3 is 0 Å². The van der Waals surface area contributed by atoms with Gasteiger partial charge in [-0.1, -0.05) is 18.2 Å². The highest BCUT2D eigenvalue weighted by atomic mass is 35.5. The van der Waals surface area contributed by atoms with Crippen molar-refractivity contribution in [3.63, 3.8) is 0 Å². The lowest BCUT2D eigenvalue weighted by molar-refractivity contribution is 0.242. The molecule has 94 valence electrons. The summed E-state index contributed by atoms with van der Waals surface area (Å²) in [4.78, 5) is 1.46. The van der Waals surface area contributed by atoms with Crippen molar-refractivity contribution in [1.82, 2.24) is 5.32 Å². The number of nitrogens with one attached hydrogen (secondary N) is 1. The standard InChI is InChI=1S/C13H18ClNOS/c1-2-16-8-4-7-15-11-5-3-6-12-10(11)9-13(14)17-12/h2,9,11,15H,1,3-8H2. The van der Waals surface area contributed by atoms with Gasteiger partial charge in [0.25, 0.3) is 0 Å². The van der Waals surface area contributed by atoms with Crippen LogP contribution in [0.3, 0.4) is 0 Å². The highest BCUT2D eigenvalue weighted by molar-refractivity contribution is 7.16. The van der Waals surface area contributed by atoms with Crippen molar-refractivity contribution in [2.24, 2.45) is 0 Å². The molecule has 17 heavy (non-hydrogen) atoms. The zero-order valence-electron chi connectivity index (χ0n) is 9.88. The SMILES string of the molecule is C=COCCCNC1CCCc2sc(Cl)cc21. The monoisotopic (exact) mass is 271 g/mol. The third-order valence-corrected chi connectivity index (χ3v) is 4.37. The first-order valence-corrected chi connectivity index (χ1v) is 7.24. The summed E-state index contributed by atoms with van der Waals surface area (Å²) in [6, 6.07) is 2.60. The van der Waals surface area contributed by atoms with Gasteiger partial charge in [-0.05, 0) is 43.9 Å². The Labute approximate surface area is 112 Å². The molecule has 1 aliphatic carbocycles. The van der Waals surface area contributed by atoms with Gasteiger partial charge < -0.3 is 10.1 Å². The molecule has 1 atom stereocenters. The van der Waals surface area contributed by atoms with Crippen LogP contribution in [0.15, 0.2) is 18.9 Å². The smallest absolute Gasteiger partial charge is 0.0934 e. The molecule has 4 heteroatoms. The normalized spacial score (nSPS) is 18.8. The van der Waals surface area contributed by atoms with Crippen molar-refractivity contribution >= 4 is 22.9 Å². The molecule has 0 amide bonds. The molecule has 0 fully saturated rings. The quantitative estimate of drug-likeness (QED) is 0.625. The number of fused-ring (bicyclic) bond motifs is 1. The Bertz CT molecular complexity index is 377. The van der Waals surface area contributed by atoms with E-state index in [-0.39, 0.29) is 0 Å². The molecule has 1 heterocycles. The first kappa shape index (κ1) is 12.9. The van der Waals surface area contributed by atoms with Crippen LogP contribution in [0.1, 0.15) is 35.7 Å². The van der Waals surface area contributed by atoms with E-state index in [1.165, 1.54) is 36.0 Å². The number of hydrogen-bond donors (Lipinski definition) is 1. The Balaban J connectivity index is 1.83. The van der Waals surface area contributed by atoms with E-state index in [4.69, 9.17) is 16.3 Å². The molecule has 0 saturated carbocycles. The van der Waals surface area contributed by atoms with Crippen molar-refractivity contribution < 1.29 is 4.74 Å². The molecular weight excluding hydrogens is 254 g/mol. The lowest BCUT2D eigenvalue weighted by Crippen LogP contribution is -2.25. The topological polar surface area (TPSA) is 21.3 Å². The highest BCUT2D eigenvalue weighted by Crippen LogP contribution is 2.37. The first-order chi connectivity index (χ1) is 8.31. The number of ether oxygens (including phenoxy) is 1. The zero-order chi connectivity index (χ0) is 12.1. The predicted octanol–water partition coefficient (Wildman–Crippen LogP) is 3.92. The minimum atomic E-state index is 0.478. The maximum atomic E-state index is 6.08. The van der Waals surface area contributed by atoms with Crippen LogP contribution in [0.25, 0.3) is 0 Å². The predicted molar refractivity (Wildman–Crippen MR) is 73.8 cm³/mol. The van der Waals surface area contributed by atoms with Crippen LogP contribution in [0, 0.1) is 0 Å². The van der Waals surface area contributed by atoms with Gasteiger partial charge in [-0.3, -0.25) is 0 Å². The Morgan fingerprint density at radius 2 is 2.53 bits per heavy atom. The molecule has 1 aromatic heterocycles. The maximum Gasteiger partial charge on any atom is 0.0934 e. The Hall–Kier alpha value is -0.510. The third kappa shape index (κ3) is 3.47. The second kappa shape index (κ2) is 6.43. The molecule has 2 rings (SSSR count). The summed E-state index contributed by atoms with van der Waals surface area (Å²) in [6.07, 6.45) is 6.16. The van der Waals surface area contributed by atoms with E-state index in [1.807, 2.05) is 0 Å². The van der Waals surface area contributed by atoms with Crippen LogP contribution in [0.4, 0.5) is 0 Å². The van der Waals surface area contributed by atoms with Crippen LogP contribution in [-0.4, -0.2) is 13.2 Å². The summed E-state index contributed by atoms with van der Waals surface area (Å²) < 4.78 is 6.02. The van der Waals surface area contributed by atoms with Gasteiger partial charge in [0.1, 0.15) is 0 Å². The number of thiophene rings is 1. The first-order valence-electron chi connectivity index (χ1n) is 6.05. The van der Waals surface area contributed by atoms with Gasteiger partial charge in [-0.15, -0.1) is 11.3 Å². The van der Waals surface area contributed by atoms with Crippen LogP contribution in [0.2, 0.25) is 4.34 Å². The van der Waals surface area contributed by atoms with E-state index in [0.29, 0.717) is 6.04 Å². The van der Waals surface area contributed by atoms with E-state index in [2.05, 4.69) is 18.0 Å². The largest absolute Gasteiger partial charge is 0.502 e. The average Bonchev–Trinajstić information content (AvgIpc) is 2.70. The lowest BCUT2D eigenvalue weighted by Gasteiger charge is -2.23. The van der Waals surface area contributed by atoms with Crippen LogP contribution in [-0.2, 0) is 11.2 Å². The number of aryl methyl sites for hydroxylation is 1. The number of halogens is 1. The van der Waals surface area contributed by atoms with E-state index in [0.717, 1.165) is 23.9 Å². The fourth-order valence-corrected chi connectivity index (χ4v) is 3.63. The van der Waals surface area contributed by atoms with Crippen molar-refractivity contribution in [3.8, 4) is 0 Å². The highest BCUT2D eigenvalue weighted by Gasteiger charge is 2.21. The summed E-state index contributed by atoms with van der Waals surface area (Å²) in [5.74, 6) is 0. The van der Waals surface area contributed by atoms with Crippen molar-refractivity contribution in [1.29, 1.82) is 0 Å². The summed E-state index contributed by atoms with van der Waals surface area (Å²) in [7, 11) is 0. The van der Waals surface area contributed by atoms with E-state index < -0.39 is 0 Å². The van der Waals surface area contributed by atoms with Crippen LogP contribution < -0.4 is 5.32 Å². The summed E-state index contributed by atoms with van der Waals surface area (Å²) in [5.41, 5.74) is 1.41. The van der Waals surface area contributed by atoms with E-state index in [1.54, 1.807) is 11.3 Å². The molecule has 0 aliphatic heterocycles. The third-order valence-electron chi connectivity index (χ3n) is 3.03. The Morgan fingerprint density at radius 3 is 3.35 bits per heavy atom. The molecule has 1 aliphatic rings. The van der Waals surface area contributed by atoms with Crippen molar-refractivity contribution in [2.45, 2.75) is 31.7 Å².